The van der Waals surface area contributed by atoms with Crippen LogP contribution in [-0.2, 0) is 6.54 Å². The van der Waals surface area contributed by atoms with Gasteiger partial charge in [-0.05, 0) is 24.6 Å². The molecule has 0 fully saturated rings. The minimum absolute atomic E-state index is 0.507. The van der Waals surface area contributed by atoms with Gasteiger partial charge < -0.3 is 11.1 Å². The Hall–Kier alpha value is -1.94. The summed E-state index contributed by atoms with van der Waals surface area (Å²) >= 11 is 0. The van der Waals surface area contributed by atoms with E-state index in [1.54, 1.807) is 6.20 Å². The molecule has 0 atom stereocenters. The first-order chi connectivity index (χ1) is 7.79. The van der Waals surface area contributed by atoms with Crippen molar-refractivity contribution in [2.24, 2.45) is 5.73 Å². The van der Waals surface area contributed by atoms with Gasteiger partial charge in [-0.15, -0.1) is 0 Å². The fourth-order valence-corrected chi connectivity index (χ4v) is 1.48. The zero-order valence-corrected chi connectivity index (χ0v) is 9.14. The smallest absolute Gasteiger partial charge is 0.134 e. The highest BCUT2D eigenvalue weighted by atomic mass is 15.0. The lowest BCUT2D eigenvalue weighted by Gasteiger charge is -2.09. The van der Waals surface area contributed by atoms with Crippen LogP contribution in [0.5, 0.6) is 0 Å². The van der Waals surface area contributed by atoms with E-state index in [1.165, 1.54) is 0 Å². The van der Waals surface area contributed by atoms with Crippen LogP contribution < -0.4 is 11.1 Å². The van der Waals surface area contributed by atoms with E-state index in [1.807, 2.05) is 37.3 Å². The number of benzene rings is 1. The Morgan fingerprint density at radius 1 is 1.25 bits per heavy atom. The molecule has 16 heavy (non-hydrogen) atoms. The summed E-state index contributed by atoms with van der Waals surface area (Å²) in [6, 6.07) is 9.75. The minimum Gasteiger partial charge on any atom is -0.340 e. The third-order valence-corrected chi connectivity index (χ3v) is 2.28. The first-order valence-electron chi connectivity index (χ1n) is 5.14. The molecule has 1 aromatic carbocycles. The molecule has 0 amide bonds. The van der Waals surface area contributed by atoms with Gasteiger partial charge in [-0.1, -0.05) is 18.2 Å². The van der Waals surface area contributed by atoms with Gasteiger partial charge in [0.05, 0.1) is 0 Å². The van der Waals surface area contributed by atoms with Crippen molar-refractivity contribution in [1.29, 1.82) is 0 Å². The maximum Gasteiger partial charge on any atom is 0.134 e. The quantitative estimate of drug-likeness (QED) is 0.820. The largest absolute Gasteiger partial charge is 0.340 e. The van der Waals surface area contributed by atoms with Gasteiger partial charge in [-0.25, -0.2) is 9.97 Å². The monoisotopic (exact) mass is 214 g/mol. The number of aryl methyl sites for hydroxylation is 1. The van der Waals surface area contributed by atoms with Crippen LogP contribution in [0.2, 0.25) is 0 Å². The van der Waals surface area contributed by atoms with Crippen LogP contribution in [0.15, 0.2) is 36.5 Å². The van der Waals surface area contributed by atoms with E-state index in [9.17, 15) is 0 Å². The first-order valence-corrected chi connectivity index (χ1v) is 5.14. The fraction of sp³-hybridized carbons (Fsp3) is 0.167. The van der Waals surface area contributed by atoms with Crippen LogP contribution in [0, 0.1) is 6.92 Å². The van der Waals surface area contributed by atoms with Gasteiger partial charge in [-0.2, -0.15) is 0 Å². The van der Waals surface area contributed by atoms with Gasteiger partial charge in [0.2, 0.25) is 0 Å². The average molecular weight is 214 g/mol. The SMILES string of the molecule is Cc1nccc(Nc2ccccc2CN)n1. The van der Waals surface area contributed by atoms with Crippen molar-refractivity contribution in [1.82, 2.24) is 9.97 Å². The molecule has 0 spiro atoms. The maximum absolute atomic E-state index is 5.66. The van der Waals surface area contributed by atoms with Gasteiger partial charge in [0, 0.05) is 18.4 Å². The molecule has 2 aromatic rings. The molecule has 0 saturated carbocycles. The molecular weight excluding hydrogens is 200 g/mol. The molecule has 2 rings (SSSR count). The molecule has 3 N–H and O–H groups in total. The van der Waals surface area contributed by atoms with E-state index in [4.69, 9.17) is 5.73 Å². The summed E-state index contributed by atoms with van der Waals surface area (Å²) in [7, 11) is 0. The van der Waals surface area contributed by atoms with Crippen molar-refractivity contribution in [3.8, 4) is 0 Å². The Morgan fingerprint density at radius 3 is 2.81 bits per heavy atom. The molecule has 0 bridgehead atoms. The molecule has 0 aliphatic carbocycles. The minimum atomic E-state index is 0.507. The molecule has 4 heteroatoms. The number of hydrogen-bond acceptors (Lipinski definition) is 4. The molecule has 0 saturated heterocycles. The lowest BCUT2D eigenvalue weighted by molar-refractivity contribution is 1.05. The molecule has 4 nitrogen and oxygen atoms in total. The second-order valence-electron chi connectivity index (χ2n) is 3.48. The van der Waals surface area contributed by atoms with Crippen molar-refractivity contribution in [3.63, 3.8) is 0 Å². The highest BCUT2D eigenvalue weighted by Gasteiger charge is 2.01. The van der Waals surface area contributed by atoms with E-state index in [-0.39, 0.29) is 0 Å². The highest BCUT2D eigenvalue weighted by molar-refractivity contribution is 5.60. The molecule has 0 aliphatic rings. The number of nitrogens with two attached hydrogens (primary N) is 1. The summed E-state index contributed by atoms with van der Waals surface area (Å²) < 4.78 is 0. The molecule has 0 aliphatic heterocycles. The lowest BCUT2D eigenvalue weighted by Crippen LogP contribution is -2.03. The predicted octanol–water partition coefficient (Wildman–Crippen LogP) is 1.99. The predicted molar refractivity (Wildman–Crippen MR) is 64.4 cm³/mol. The van der Waals surface area contributed by atoms with Gasteiger partial charge in [-0.3, -0.25) is 0 Å². The average Bonchev–Trinajstić information content (AvgIpc) is 2.30. The Bertz CT molecular complexity index is 482. The van der Waals surface area contributed by atoms with Crippen LogP contribution >= 0.6 is 0 Å². The summed E-state index contributed by atoms with van der Waals surface area (Å²) in [4.78, 5) is 8.33. The summed E-state index contributed by atoms with van der Waals surface area (Å²) in [5.41, 5.74) is 7.72. The topological polar surface area (TPSA) is 63.8 Å². The van der Waals surface area contributed by atoms with Crippen molar-refractivity contribution in [2.75, 3.05) is 5.32 Å². The molecular formula is C12H14N4. The van der Waals surface area contributed by atoms with E-state index in [0.717, 1.165) is 22.9 Å². The molecule has 1 aromatic heterocycles. The Morgan fingerprint density at radius 2 is 2.06 bits per heavy atom. The van der Waals surface area contributed by atoms with Crippen LogP contribution in [0.3, 0.4) is 0 Å². The molecule has 82 valence electrons. The van der Waals surface area contributed by atoms with Crippen molar-refractivity contribution >= 4 is 11.5 Å². The normalized spacial score (nSPS) is 10.1. The second-order valence-corrected chi connectivity index (χ2v) is 3.48. The third kappa shape index (κ3) is 2.35. The van der Waals surface area contributed by atoms with Gasteiger partial charge in [0.25, 0.3) is 0 Å². The van der Waals surface area contributed by atoms with Gasteiger partial charge >= 0.3 is 0 Å². The van der Waals surface area contributed by atoms with Crippen LogP contribution in [0.1, 0.15) is 11.4 Å². The van der Waals surface area contributed by atoms with Crippen molar-refractivity contribution in [3.05, 3.63) is 47.9 Å². The van der Waals surface area contributed by atoms with Gasteiger partial charge in [0.15, 0.2) is 0 Å². The second kappa shape index (κ2) is 4.72. The fourth-order valence-electron chi connectivity index (χ4n) is 1.48. The Balaban J connectivity index is 2.26. The summed E-state index contributed by atoms with van der Waals surface area (Å²) in [5, 5.41) is 3.23. The Kier molecular flexibility index (Phi) is 3.12. The molecule has 0 radical (unpaired) electrons. The van der Waals surface area contributed by atoms with Crippen molar-refractivity contribution in [2.45, 2.75) is 13.5 Å². The van der Waals surface area contributed by atoms with Crippen LogP contribution in [0.25, 0.3) is 0 Å². The summed E-state index contributed by atoms with van der Waals surface area (Å²) in [5.74, 6) is 1.53. The van der Waals surface area contributed by atoms with Gasteiger partial charge in [0.1, 0.15) is 11.6 Å². The number of nitrogens with one attached hydrogen (secondary N) is 1. The van der Waals surface area contributed by atoms with E-state index < -0.39 is 0 Å². The summed E-state index contributed by atoms with van der Waals surface area (Å²) in [6.07, 6.45) is 1.73. The zero-order chi connectivity index (χ0) is 11.4. The number of nitrogens with zero attached hydrogens (tertiary/aromatic N) is 2. The van der Waals surface area contributed by atoms with E-state index in [0.29, 0.717) is 6.54 Å². The number of para-hydroxylation sites is 1. The lowest BCUT2D eigenvalue weighted by atomic mass is 10.2. The Labute approximate surface area is 94.5 Å². The highest BCUT2D eigenvalue weighted by Crippen LogP contribution is 2.18. The molecule has 1 heterocycles. The van der Waals surface area contributed by atoms with Crippen LogP contribution in [-0.4, -0.2) is 9.97 Å². The zero-order valence-electron chi connectivity index (χ0n) is 9.14. The number of hydrogen-bond donors (Lipinski definition) is 2. The molecule has 0 unspecified atom stereocenters. The van der Waals surface area contributed by atoms with Crippen molar-refractivity contribution < 1.29 is 0 Å². The van der Waals surface area contributed by atoms with Crippen LogP contribution in [0.4, 0.5) is 11.5 Å². The number of rotatable bonds is 3. The summed E-state index contributed by atoms with van der Waals surface area (Å²) in [6.45, 7) is 2.37. The van der Waals surface area contributed by atoms with E-state index >= 15 is 0 Å². The number of aromatic nitrogens is 2. The maximum atomic E-state index is 5.66. The standard InChI is InChI=1S/C12H14N4/c1-9-14-7-6-12(15-9)16-11-5-3-2-4-10(11)8-13/h2-7H,8,13H2,1H3,(H,14,15,16). The third-order valence-electron chi connectivity index (χ3n) is 2.28. The first kappa shape index (κ1) is 10.6. The van der Waals surface area contributed by atoms with E-state index in [2.05, 4.69) is 15.3 Å². The number of anilines is 2.